The van der Waals surface area contributed by atoms with Crippen LogP contribution in [0.15, 0.2) is 23.8 Å². The molecule has 0 radical (unpaired) electrons. The molecule has 2 heterocycles. The summed E-state index contributed by atoms with van der Waals surface area (Å²) in [5.41, 5.74) is -5.06. The van der Waals surface area contributed by atoms with Crippen molar-refractivity contribution in [3.8, 4) is 0 Å². The third-order valence-corrected chi connectivity index (χ3v) is 10.0. The Labute approximate surface area is 292 Å². The van der Waals surface area contributed by atoms with E-state index in [1.54, 1.807) is 6.92 Å². The minimum absolute atomic E-state index is 0.0162. The molecular weight excluding hydrogens is 656 g/mol. The largest absolute Gasteiger partial charge is 0.462 e. The van der Waals surface area contributed by atoms with Crippen molar-refractivity contribution in [2.45, 2.75) is 123 Å². The van der Waals surface area contributed by atoms with Crippen molar-refractivity contribution in [1.29, 1.82) is 0 Å². The van der Waals surface area contributed by atoms with Gasteiger partial charge in [0.1, 0.15) is 36.6 Å². The minimum Gasteiger partial charge on any atom is -0.462 e. The minimum atomic E-state index is -2.31. The molecule has 4 aliphatic rings. The van der Waals surface area contributed by atoms with Crippen LogP contribution in [0.25, 0.3) is 0 Å². The van der Waals surface area contributed by atoms with E-state index in [1.807, 2.05) is 27.7 Å². The van der Waals surface area contributed by atoms with E-state index in [9.17, 15) is 33.9 Å². The van der Waals surface area contributed by atoms with Crippen LogP contribution in [0.4, 0.5) is 0 Å². The highest BCUT2D eigenvalue weighted by Gasteiger charge is 2.78. The van der Waals surface area contributed by atoms with Gasteiger partial charge in [0, 0.05) is 46.0 Å². The number of hydrogen-bond donors (Lipinski definition) is 1. The van der Waals surface area contributed by atoms with E-state index < -0.39 is 94.8 Å². The summed E-state index contributed by atoms with van der Waals surface area (Å²) >= 11 is 0. The summed E-state index contributed by atoms with van der Waals surface area (Å²) in [5, 5.41) is 12.9. The molecule has 1 saturated carbocycles. The number of rotatable bonds is 10. The Kier molecular flexibility index (Phi) is 11.6. The van der Waals surface area contributed by atoms with Crippen LogP contribution in [0.3, 0.4) is 0 Å². The van der Waals surface area contributed by atoms with Gasteiger partial charge in [-0.2, -0.15) is 0 Å². The Hall–Kier alpha value is -3.78. The fraction of sp³-hybridized carbons (Fsp3) is 0.722. The smallest absolute Gasteiger partial charge is 0.312 e. The van der Waals surface area contributed by atoms with Gasteiger partial charge in [0.05, 0.1) is 17.9 Å². The van der Waals surface area contributed by atoms with Crippen molar-refractivity contribution >= 4 is 35.8 Å². The first-order valence-corrected chi connectivity index (χ1v) is 17.1. The summed E-state index contributed by atoms with van der Waals surface area (Å²) in [7, 11) is 0. The molecule has 2 saturated heterocycles. The maximum Gasteiger partial charge on any atom is 0.312 e. The lowest BCUT2D eigenvalue weighted by molar-refractivity contribution is -0.252. The zero-order valence-corrected chi connectivity index (χ0v) is 30.2. The topological polar surface area (TPSA) is 191 Å². The van der Waals surface area contributed by atoms with Gasteiger partial charge in [-0.25, -0.2) is 0 Å². The van der Waals surface area contributed by atoms with E-state index in [4.69, 9.17) is 33.2 Å². The van der Waals surface area contributed by atoms with Crippen molar-refractivity contribution in [3.63, 3.8) is 0 Å². The average Bonchev–Trinajstić information content (AvgIpc) is 3.73. The molecule has 10 atom stereocenters. The molecule has 14 heteroatoms. The monoisotopic (exact) mass is 706 g/mol. The summed E-state index contributed by atoms with van der Waals surface area (Å²) in [6, 6.07) is 0. The fourth-order valence-corrected chi connectivity index (χ4v) is 7.64. The molecule has 2 aliphatic heterocycles. The number of hydrogen-bond acceptors (Lipinski definition) is 14. The Bertz CT molecular complexity index is 1430. The molecular formula is C36H50O14. The summed E-state index contributed by atoms with van der Waals surface area (Å²) in [4.78, 5) is 77.5. The maximum absolute atomic E-state index is 13.3. The molecule has 278 valence electrons. The maximum atomic E-state index is 13.3. The van der Waals surface area contributed by atoms with E-state index in [-0.39, 0.29) is 49.9 Å². The van der Waals surface area contributed by atoms with Gasteiger partial charge in [-0.05, 0) is 36.5 Å². The van der Waals surface area contributed by atoms with Crippen LogP contribution in [-0.4, -0.2) is 95.9 Å². The predicted molar refractivity (Wildman–Crippen MR) is 173 cm³/mol. The number of epoxide rings is 1. The molecule has 14 nitrogen and oxygen atoms in total. The fourth-order valence-electron chi connectivity index (χ4n) is 7.64. The lowest BCUT2D eigenvalue weighted by Gasteiger charge is -2.57. The van der Waals surface area contributed by atoms with E-state index in [1.165, 1.54) is 39.0 Å². The van der Waals surface area contributed by atoms with Gasteiger partial charge < -0.3 is 38.3 Å². The van der Waals surface area contributed by atoms with Gasteiger partial charge in [0.2, 0.25) is 0 Å². The molecule has 0 amide bonds. The first-order valence-electron chi connectivity index (χ1n) is 17.1. The second kappa shape index (κ2) is 14.8. The van der Waals surface area contributed by atoms with Gasteiger partial charge in [-0.3, -0.25) is 28.8 Å². The Morgan fingerprint density at radius 2 is 1.48 bits per heavy atom. The normalized spacial score (nSPS) is 37.7. The van der Waals surface area contributed by atoms with Crippen molar-refractivity contribution in [2.75, 3.05) is 13.2 Å². The van der Waals surface area contributed by atoms with Gasteiger partial charge in [-0.15, -0.1) is 0 Å². The highest BCUT2D eigenvalue weighted by atomic mass is 16.6. The lowest BCUT2D eigenvalue weighted by Crippen LogP contribution is -2.71. The standard InChI is InChI=1S/C36H50O14/c1-18(2)12-29(40)44-16-24-10-11-25(46-21(6)37)34(9)26(47-22(7)38)15-27(49-30(41)13-19(3)4)35(17-45-35)31(34)32(48-23(8)39)36(43)20(5)33(42)50-28(36)14-24/h10-11,14,18-20,25-28,31-32,43H,12-13,15-17H2,1-9H3/b11-10-,24-14+/t20-,25-,26-,27+,28-,31+,32-,34-,35+,36-/m0/s1. The van der Waals surface area contributed by atoms with Crippen molar-refractivity contribution in [2.24, 2.45) is 29.1 Å². The van der Waals surface area contributed by atoms with E-state index in [2.05, 4.69) is 0 Å². The zero-order valence-electron chi connectivity index (χ0n) is 30.2. The van der Waals surface area contributed by atoms with Gasteiger partial charge in [0.15, 0.2) is 11.7 Å². The second-order valence-electron chi connectivity index (χ2n) is 14.9. The average molecular weight is 707 g/mol. The molecule has 0 bridgehead atoms. The molecule has 1 N–H and O–H groups in total. The van der Waals surface area contributed by atoms with E-state index in [0.29, 0.717) is 0 Å². The Morgan fingerprint density at radius 1 is 0.900 bits per heavy atom. The third kappa shape index (κ3) is 7.75. The highest BCUT2D eigenvalue weighted by molar-refractivity contribution is 5.78. The van der Waals surface area contributed by atoms with Crippen LogP contribution < -0.4 is 0 Å². The van der Waals surface area contributed by atoms with E-state index >= 15 is 0 Å². The zero-order chi connectivity index (χ0) is 37.3. The lowest BCUT2D eigenvalue weighted by atomic mass is 9.52. The molecule has 0 aromatic carbocycles. The Morgan fingerprint density at radius 3 is 2.02 bits per heavy atom. The van der Waals surface area contributed by atoms with Gasteiger partial charge >= 0.3 is 35.8 Å². The molecule has 3 fully saturated rings. The summed E-state index contributed by atoms with van der Waals surface area (Å²) in [5.74, 6) is -6.67. The van der Waals surface area contributed by atoms with Gasteiger partial charge in [-0.1, -0.05) is 40.7 Å². The summed E-state index contributed by atoms with van der Waals surface area (Å²) in [6.45, 7) is 13.6. The summed E-state index contributed by atoms with van der Waals surface area (Å²) in [6.07, 6.45) is -2.08. The molecule has 4 rings (SSSR count). The highest BCUT2D eigenvalue weighted by Crippen LogP contribution is 2.62. The quantitative estimate of drug-likeness (QED) is 0.198. The van der Waals surface area contributed by atoms with Crippen molar-refractivity contribution in [1.82, 2.24) is 0 Å². The van der Waals surface area contributed by atoms with Crippen LogP contribution in [0, 0.1) is 29.1 Å². The van der Waals surface area contributed by atoms with Gasteiger partial charge in [0.25, 0.3) is 0 Å². The number of ether oxygens (including phenoxy) is 7. The van der Waals surface area contributed by atoms with E-state index in [0.717, 1.165) is 6.92 Å². The van der Waals surface area contributed by atoms with Crippen LogP contribution in [0.1, 0.15) is 81.6 Å². The van der Waals surface area contributed by atoms with Crippen molar-refractivity contribution < 1.29 is 67.0 Å². The Balaban J connectivity index is 2.01. The number of esters is 6. The van der Waals surface area contributed by atoms with Crippen LogP contribution >= 0.6 is 0 Å². The molecule has 1 spiro atoms. The molecule has 0 aromatic heterocycles. The molecule has 0 unspecified atom stereocenters. The van der Waals surface area contributed by atoms with Crippen LogP contribution in [0.5, 0.6) is 0 Å². The molecule has 2 aliphatic carbocycles. The van der Waals surface area contributed by atoms with Crippen LogP contribution in [0.2, 0.25) is 0 Å². The predicted octanol–water partition coefficient (Wildman–Crippen LogP) is 2.91. The van der Waals surface area contributed by atoms with Crippen LogP contribution in [-0.2, 0) is 61.9 Å². The summed E-state index contributed by atoms with van der Waals surface area (Å²) < 4.78 is 41.3. The number of carbonyl (C=O) groups excluding carboxylic acids is 6. The third-order valence-electron chi connectivity index (χ3n) is 10.0. The first kappa shape index (κ1) is 39.0. The first-order chi connectivity index (χ1) is 23.2. The SMILES string of the molecule is CC(=O)O[C@H]1/C=C\C(COC(=O)CC(C)C)=C/[C@@H]2OC(=O)[C@H](C)[C@@]2(O)[C@@H](OC(C)=O)[C@H]2[C@@]3(CO3)[C@H](OC(=O)CC(C)C)C[C@H](OC(C)=O)[C@]12C. The number of carbonyl (C=O) groups is 6. The molecule has 0 aromatic rings. The van der Waals surface area contributed by atoms with Crippen molar-refractivity contribution in [3.05, 3.63) is 23.8 Å². The number of aliphatic hydroxyl groups is 1. The molecule has 50 heavy (non-hydrogen) atoms. The number of fused-ring (bicyclic) bond motifs is 3. The second-order valence-corrected chi connectivity index (χ2v) is 14.9.